The Balaban J connectivity index is 1.04. The Hall–Kier alpha value is -5.46. The molecule has 55 heavy (non-hydrogen) atoms. The van der Waals surface area contributed by atoms with Crippen LogP contribution in [-0.4, -0.2) is 88.5 Å². The Morgan fingerprint density at radius 2 is 1.18 bits per heavy atom. The number of carbonyl (C=O) groups is 4. The van der Waals surface area contributed by atoms with Crippen LogP contribution in [0.15, 0.2) is 84.5 Å². The van der Waals surface area contributed by atoms with Crippen molar-refractivity contribution in [3.05, 3.63) is 90.0 Å². The molecule has 6 aliphatic rings. The van der Waals surface area contributed by atoms with Crippen molar-refractivity contribution in [1.29, 1.82) is 0 Å². The third-order valence-corrected chi connectivity index (χ3v) is 12.4. The topological polar surface area (TPSA) is 129 Å². The molecule has 5 fully saturated rings. The molecule has 3 aromatic rings. The molecule has 12 heteroatoms. The van der Waals surface area contributed by atoms with E-state index in [1.807, 2.05) is 66.8 Å². The number of aromatic hydroxyl groups is 1. The van der Waals surface area contributed by atoms with Crippen molar-refractivity contribution < 1.29 is 38.5 Å². The number of hydrogen-bond donors (Lipinski definition) is 1. The van der Waals surface area contributed by atoms with Crippen LogP contribution < -0.4 is 24.3 Å². The Morgan fingerprint density at radius 1 is 0.655 bits per heavy atom. The molecule has 12 nitrogen and oxygen atoms in total. The minimum Gasteiger partial charge on any atom is -0.504 e. The lowest BCUT2D eigenvalue weighted by molar-refractivity contribution is -0.126. The average Bonchev–Trinajstić information content (AvgIpc) is 3.64. The summed E-state index contributed by atoms with van der Waals surface area (Å²) >= 11 is 0. The molecule has 1 saturated carbocycles. The van der Waals surface area contributed by atoms with Gasteiger partial charge in [0.1, 0.15) is 0 Å². The molecular formula is C43H44N4O8. The number of carbonyl (C=O) groups excluding carboxylic acids is 4. The Kier molecular flexibility index (Phi) is 9.18. The van der Waals surface area contributed by atoms with Crippen LogP contribution in [0.2, 0.25) is 0 Å². The summed E-state index contributed by atoms with van der Waals surface area (Å²) in [5, 5.41) is 10.2. The zero-order valence-corrected chi connectivity index (χ0v) is 30.7. The number of anilines is 4. The predicted octanol–water partition coefficient (Wildman–Crippen LogP) is 4.67. The van der Waals surface area contributed by atoms with Crippen molar-refractivity contribution >= 4 is 52.5 Å². The van der Waals surface area contributed by atoms with E-state index in [4.69, 9.17) is 14.2 Å². The summed E-state index contributed by atoms with van der Waals surface area (Å²) in [6.45, 7) is 5.68. The molecule has 284 valence electrons. The predicted molar refractivity (Wildman–Crippen MR) is 206 cm³/mol. The maximum Gasteiger partial charge on any atom is 0.238 e. The van der Waals surface area contributed by atoms with Gasteiger partial charge in [-0.15, -0.1) is 0 Å². The highest BCUT2D eigenvalue weighted by molar-refractivity contribution is 6.24. The third kappa shape index (κ3) is 6.08. The number of morpholine rings is 2. The van der Waals surface area contributed by atoms with Crippen molar-refractivity contribution in [2.45, 2.75) is 12.8 Å². The first-order chi connectivity index (χ1) is 26.8. The number of allylic oxidation sites excluding steroid dienone is 3. The van der Waals surface area contributed by atoms with Gasteiger partial charge in [-0.25, -0.2) is 0 Å². The number of benzene rings is 3. The highest BCUT2D eigenvalue weighted by Gasteiger charge is 2.61. The van der Waals surface area contributed by atoms with Crippen LogP contribution in [0, 0.1) is 35.5 Å². The van der Waals surface area contributed by atoms with E-state index in [0.717, 1.165) is 48.7 Å². The number of phenolic OH excluding ortho intramolecular Hbond substituents is 1. The Morgan fingerprint density at radius 3 is 1.75 bits per heavy atom. The molecule has 2 aliphatic carbocycles. The number of phenols is 1. The first-order valence-electron chi connectivity index (χ1n) is 19.2. The number of rotatable bonds is 7. The first kappa shape index (κ1) is 35.3. The molecule has 0 aromatic heterocycles. The molecule has 9 rings (SSSR count). The summed E-state index contributed by atoms with van der Waals surface area (Å²) < 4.78 is 16.3. The third-order valence-electron chi connectivity index (χ3n) is 12.4. The van der Waals surface area contributed by atoms with Crippen molar-refractivity contribution in [3.63, 3.8) is 0 Å². The zero-order chi connectivity index (χ0) is 37.8. The van der Waals surface area contributed by atoms with E-state index < -0.39 is 35.5 Å². The molecule has 4 heterocycles. The van der Waals surface area contributed by atoms with Crippen LogP contribution in [-0.2, 0) is 28.7 Å². The second kappa shape index (κ2) is 14.3. The summed E-state index contributed by atoms with van der Waals surface area (Å²) in [6, 6.07) is 20.1. The van der Waals surface area contributed by atoms with E-state index in [1.165, 1.54) is 16.9 Å². The second-order valence-corrected chi connectivity index (χ2v) is 15.1. The number of methoxy groups -OCH3 is 1. The summed E-state index contributed by atoms with van der Waals surface area (Å²) in [5.41, 5.74) is 4.72. The molecule has 3 aromatic carbocycles. The van der Waals surface area contributed by atoms with Crippen molar-refractivity contribution in [3.8, 4) is 11.5 Å². The fourth-order valence-electron chi connectivity index (χ4n) is 9.64. The van der Waals surface area contributed by atoms with Crippen LogP contribution in [0.3, 0.4) is 0 Å². The number of nitrogens with zero attached hydrogens (tertiary/aromatic N) is 4. The van der Waals surface area contributed by atoms with E-state index >= 15 is 0 Å². The summed E-state index contributed by atoms with van der Waals surface area (Å²) in [7, 11) is 1.48. The minimum atomic E-state index is -0.684. The zero-order valence-electron chi connectivity index (χ0n) is 30.7. The van der Waals surface area contributed by atoms with E-state index in [2.05, 4.69) is 9.80 Å². The molecule has 0 radical (unpaired) electrons. The molecule has 0 spiro atoms. The number of amides is 4. The average molecular weight is 745 g/mol. The molecule has 6 atom stereocenters. The molecule has 4 amide bonds. The van der Waals surface area contributed by atoms with Gasteiger partial charge in [-0.05, 0) is 85.0 Å². The van der Waals surface area contributed by atoms with Crippen LogP contribution in [0.5, 0.6) is 11.5 Å². The lowest BCUT2D eigenvalue weighted by Crippen LogP contribution is -2.43. The standard InChI is InChI=1S/C43H44N4O8/c1-53-37-24-26(3-15-36(37)48)2-12-32-31-13-14-33-39(43(52)46(40(33)49)29-8-4-27(5-9-29)44-16-20-54-21-17-44)34(31)25-35-38(32)42(51)47(41(35)50)30-10-6-28(7-11-30)45-18-22-55-23-19-45/h2-13,15,24,32-35,38-39,48H,14,16-23,25H2,1H3. The molecule has 0 bridgehead atoms. The van der Waals surface area contributed by atoms with Gasteiger partial charge in [0.05, 0.1) is 68.6 Å². The molecular weight excluding hydrogens is 700 g/mol. The van der Waals surface area contributed by atoms with Gasteiger partial charge in [0.2, 0.25) is 23.6 Å². The normalized spacial score (nSPS) is 28.1. The minimum absolute atomic E-state index is 0.00928. The van der Waals surface area contributed by atoms with Crippen LogP contribution >= 0.6 is 0 Å². The van der Waals surface area contributed by atoms with Crippen molar-refractivity contribution in [2.24, 2.45) is 35.5 Å². The fourth-order valence-corrected chi connectivity index (χ4v) is 9.64. The number of fused-ring (bicyclic) bond motifs is 4. The molecule has 1 N–H and O–H groups in total. The van der Waals surface area contributed by atoms with Gasteiger partial charge in [0.25, 0.3) is 0 Å². The van der Waals surface area contributed by atoms with Gasteiger partial charge in [0, 0.05) is 43.5 Å². The SMILES string of the molecule is COc1cc(C=CC2C3=CCC4C(=O)N(c5ccc(N6CCOCC6)cc5)C(=O)C4C3CC3C(=O)N(c4ccc(N5CCOCC5)cc4)C(=O)C23)ccc1O. The Labute approximate surface area is 319 Å². The molecule has 4 aliphatic heterocycles. The number of ether oxygens (including phenoxy) is 3. The van der Waals surface area contributed by atoms with E-state index in [-0.39, 0.29) is 29.4 Å². The van der Waals surface area contributed by atoms with Gasteiger partial charge in [-0.1, -0.05) is 29.9 Å². The number of hydrogen-bond acceptors (Lipinski definition) is 10. The van der Waals surface area contributed by atoms with Gasteiger partial charge in [-0.2, -0.15) is 0 Å². The van der Waals surface area contributed by atoms with E-state index in [9.17, 15) is 24.3 Å². The van der Waals surface area contributed by atoms with E-state index in [1.54, 1.807) is 18.2 Å². The van der Waals surface area contributed by atoms with Gasteiger partial charge < -0.3 is 29.1 Å². The largest absolute Gasteiger partial charge is 0.504 e. The first-order valence-corrected chi connectivity index (χ1v) is 19.2. The monoisotopic (exact) mass is 744 g/mol. The summed E-state index contributed by atoms with van der Waals surface area (Å²) in [4.78, 5) is 64.6. The molecule has 6 unspecified atom stereocenters. The lowest BCUT2D eigenvalue weighted by Gasteiger charge is -2.42. The maximum atomic E-state index is 14.5. The molecule has 4 saturated heterocycles. The highest BCUT2D eigenvalue weighted by Crippen LogP contribution is 2.56. The highest BCUT2D eigenvalue weighted by atomic mass is 16.5. The maximum absolute atomic E-state index is 14.5. The van der Waals surface area contributed by atoms with Gasteiger partial charge in [0.15, 0.2) is 11.5 Å². The fraction of sp³-hybridized carbons (Fsp3) is 0.395. The van der Waals surface area contributed by atoms with Crippen molar-refractivity contribution in [1.82, 2.24) is 0 Å². The Bertz CT molecular complexity index is 2070. The van der Waals surface area contributed by atoms with Crippen LogP contribution in [0.25, 0.3) is 6.08 Å². The van der Waals surface area contributed by atoms with Crippen LogP contribution in [0.4, 0.5) is 22.7 Å². The van der Waals surface area contributed by atoms with Gasteiger partial charge >= 0.3 is 0 Å². The van der Waals surface area contributed by atoms with Crippen LogP contribution in [0.1, 0.15) is 18.4 Å². The summed E-state index contributed by atoms with van der Waals surface area (Å²) in [5.74, 6) is -4.20. The van der Waals surface area contributed by atoms with Crippen molar-refractivity contribution in [2.75, 3.05) is 79.3 Å². The van der Waals surface area contributed by atoms with E-state index in [0.29, 0.717) is 56.4 Å². The number of imide groups is 2. The summed E-state index contributed by atoms with van der Waals surface area (Å²) in [6.07, 6.45) is 6.53. The van der Waals surface area contributed by atoms with Gasteiger partial charge in [-0.3, -0.25) is 29.0 Å². The second-order valence-electron chi connectivity index (χ2n) is 15.1. The quantitative estimate of drug-likeness (QED) is 0.270. The lowest BCUT2D eigenvalue weighted by atomic mass is 9.58. The smallest absolute Gasteiger partial charge is 0.238 e.